The van der Waals surface area contributed by atoms with E-state index in [1.165, 1.54) is 6.21 Å². The number of ether oxygens (including phenoxy) is 1. The number of amides is 1. The van der Waals surface area contributed by atoms with Crippen LogP contribution in [0.1, 0.15) is 22.8 Å². The number of phenols is 1. The number of phenolic OH excluding ortho intramolecular Hbond substituents is 1. The van der Waals surface area contributed by atoms with Gasteiger partial charge in [-0.1, -0.05) is 15.9 Å². The van der Waals surface area contributed by atoms with Crippen LogP contribution in [0.5, 0.6) is 11.5 Å². The van der Waals surface area contributed by atoms with Crippen LogP contribution in [0.4, 0.5) is 0 Å². The molecular formula is C16H14Br2N2O3. The number of hydrogen-bond acceptors (Lipinski definition) is 4. The quantitative estimate of drug-likeness (QED) is 0.542. The first-order chi connectivity index (χ1) is 11.0. The van der Waals surface area contributed by atoms with Gasteiger partial charge in [-0.3, -0.25) is 4.79 Å². The van der Waals surface area contributed by atoms with E-state index in [-0.39, 0.29) is 11.7 Å². The first kappa shape index (κ1) is 17.5. The van der Waals surface area contributed by atoms with Gasteiger partial charge in [-0.05, 0) is 64.8 Å². The van der Waals surface area contributed by atoms with Crippen molar-refractivity contribution >= 4 is 44.0 Å². The summed E-state index contributed by atoms with van der Waals surface area (Å²) < 4.78 is 6.72. The number of aromatic hydroxyl groups is 1. The second-order valence-corrected chi connectivity index (χ2v) is 6.26. The molecule has 0 bridgehead atoms. The van der Waals surface area contributed by atoms with E-state index >= 15 is 0 Å². The molecule has 2 aromatic rings. The molecule has 0 aliphatic carbocycles. The molecule has 7 heteroatoms. The van der Waals surface area contributed by atoms with E-state index in [9.17, 15) is 9.90 Å². The molecule has 0 radical (unpaired) electrons. The molecule has 0 unspecified atom stereocenters. The minimum atomic E-state index is -0.309. The van der Waals surface area contributed by atoms with Crippen LogP contribution in [0.25, 0.3) is 0 Å². The van der Waals surface area contributed by atoms with Crippen molar-refractivity contribution in [3.63, 3.8) is 0 Å². The molecule has 0 atom stereocenters. The van der Waals surface area contributed by atoms with Crippen LogP contribution in [-0.2, 0) is 0 Å². The van der Waals surface area contributed by atoms with Gasteiger partial charge in [-0.15, -0.1) is 0 Å². The number of benzene rings is 2. The predicted octanol–water partition coefficient (Wildman–Crippen LogP) is 4.08. The minimum Gasteiger partial charge on any atom is -0.503 e. The fourth-order valence-electron chi connectivity index (χ4n) is 1.77. The molecule has 23 heavy (non-hydrogen) atoms. The lowest BCUT2D eigenvalue weighted by Crippen LogP contribution is -2.17. The molecule has 0 saturated carbocycles. The second kappa shape index (κ2) is 8.12. The monoisotopic (exact) mass is 440 g/mol. The molecule has 0 aromatic heterocycles. The fraction of sp³-hybridized carbons (Fsp3) is 0.125. The van der Waals surface area contributed by atoms with Crippen molar-refractivity contribution in [1.82, 2.24) is 5.43 Å². The van der Waals surface area contributed by atoms with Crippen molar-refractivity contribution in [3.05, 3.63) is 56.5 Å². The number of rotatable bonds is 5. The SMILES string of the molecule is CCOc1cc(C=NNC(=O)c2ccc(Br)cc2)cc(Br)c1O. The smallest absolute Gasteiger partial charge is 0.271 e. The number of carbonyl (C=O) groups excluding carboxylic acids is 1. The summed E-state index contributed by atoms with van der Waals surface area (Å²) in [6.45, 7) is 2.26. The summed E-state index contributed by atoms with van der Waals surface area (Å²) in [6.07, 6.45) is 1.48. The summed E-state index contributed by atoms with van der Waals surface area (Å²) in [5, 5.41) is 13.8. The molecule has 0 saturated heterocycles. The number of hydrogen-bond donors (Lipinski definition) is 2. The molecule has 0 fully saturated rings. The standard InChI is InChI=1S/C16H14Br2N2O3/c1-2-23-14-8-10(7-13(18)15(14)21)9-19-20-16(22)11-3-5-12(17)6-4-11/h3-9,21H,2H2,1H3,(H,20,22). The average molecular weight is 442 g/mol. The molecule has 0 spiro atoms. The summed E-state index contributed by atoms with van der Waals surface area (Å²) in [5.74, 6) is 0.0714. The molecule has 0 aliphatic rings. The van der Waals surface area contributed by atoms with Crippen molar-refractivity contribution in [2.24, 2.45) is 5.10 Å². The Morgan fingerprint density at radius 3 is 2.65 bits per heavy atom. The van der Waals surface area contributed by atoms with E-state index < -0.39 is 0 Å². The van der Waals surface area contributed by atoms with Gasteiger partial charge in [-0.25, -0.2) is 5.43 Å². The molecule has 2 N–H and O–H groups in total. The number of carbonyl (C=O) groups is 1. The molecule has 1 amide bonds. The summed E-state index contributed by atoms with van der Waals surface area (Å²) in [4.78, 5) is 11.9. The van der Waals surface area contributed by atoms with Crippen molar-refractivity contribution in [2.45, 2.75) is 6.92 Å². The van der Waals surface area contributed by atoms with Crippen molar-refractivity contribution in [3.8, 4) is 11.5 Å². The first-order valence-corrected chi connectivity index (χ1v) is 8.34. The maximum atomic E-state index is 11.9. The van der Waals surface area contributed by atoms with Crippen LogP contribution in [0.3, 0.4) is 0 Å². The van der Waals surface area contributed by atoms with E-state index in [0.717, 1.165) is 4.47 Å². The number of hydrazone groups is 1. The summed E-state index contributed by atoms with van der Waals surface area (Å²) >= 11 is 6.56. The van der Waals surface area contributed by atoms with E-state index in [1.54, 1.807) is 36.4 Å². The van der Waals surface area contributed by atoms with Crippen molar-refractivity contribution in [1.29, 1.82) is 0 Å². The number of nitrogens with zero attached hydrogens (tertiary/aromatic N) is 1. The van der Waals surface area contributed by atoms with E-state index in [1.807, 2.05) is 6.92 Å². The van der Waals surface area contributed by atoms with Gasteiger partial charge in [0, 0.05) is 10.0 Å². The highest BCUT2D eigenvalue weighted by molar-refractivity contribution is 9.10. The number of nitrogens with one attached hydrogen (secondary N) is 1. The lowest BCUT2D eigenvalue weighted by Gasteiger charge is -2.08. The fourth-order valence-corrected chi connectivity index (χ4v) is 2.49. The second-order valence-electron chi connectivity index (χ2n) is 4.49. The van der Waals surface area contributed by atoms with Crippen LogP contribution >= 0.6 is 31.9 Å². The third-order valence-electron chi connectivity index (χ3n) is 2.84. The Balaban J connectivity index is 2.08. The Bertz CT molecular complexity index is 731. The van der Waals surface area contributed by atoms with Gasteiger partial charge in [-0.2, -0.15) is 5.10 Å². The molecule has 120 valence electrons. The molecule has 0 aliphatic heterocycles. The minimum absolute atomic E-state index is 0.0305. The summed E-state index contributed by atoms with van der Waals surface area (Å²) in [6, 6.07) is 10.3. The summed E-state index contributed by atoms with van der Waals surface area (Å²) in [5.41, 5.74) is 3.63. The third-order valence-corrected chi connectivity index (χ3v) is 3.97. The third kappa shape index (κ3) is 4.80. The van der Waals surface area contributed by atoms with E-state index in [4.69, 9.17) is 4.74 Å². The summed E-state index contributed by atoms with van der Waals surface area (Å²) in [7, 11) is 0. The van der Waals surface area contributed by atoms with Crippen LogP contribution < -0.4 is 10.2 Å². The Morgan fingerprint density at radius 2 is 2.00 bits per heavy atom. The Morgan fingerprint density at radius 1 is 1.30 bits per heavy atom. The maximum Gasteiger partial charge on any atom is 0.271 e. The lowest BCUT2D eigenvalue weighted by molar-refractivity contribution is 0.0955. The average Bonchev–Trinajstić information content (AvgIpc) is 2.53. The molecular weight excluding hydrogens is 428 g/mol. The first-order valence-electron chi connectivity index (χ1n) is 6.75. The van der Waals surface area contributed by atoms with Gasteiger partial charge < -0.3 is 9.84 Å². The topological polar surface area (TPSA) is 70.9 Å². The highest BCUT2D eigenvalue weighted by Crippen LogP contribution is 2.35. The van der Waals surface area contributed by atoms with Gasteiger partial charge in [0.25, 0.3) is 5.91 Å². The van der Waals surface area contributed by atoms with Gasteiger partial charge in [0.05, 0.1) is 17.3 Å². The molecule has 2 aromatic carbocycles. The molecule has 2 rings (SSSR count). The van der Waals surface area contributed by atoms with Gasteiger partial charge in [0.1, 0.15) is 0 Å². The zero-order valence-corrected chi connectivity index (χ0v) is 15.4. The van der Waals surface area contributed by atoms with Crippen LogP contribution in [0, 0.1) is 0 Å². The Kier molecular flexibility index (Phi) is 6.18. The van der Waals surface area contributed by atoms with E-state index in [2.05, 4.69) is 42.4 Å². The van der Waals surface area contributed by atoms with Crippen molar-refractivity contribution < 1.29 is 14.6 Å². The van der Waals surface area contributed by atoms with Gasteiger partial charge in [0.15, 0.2) is 11.5 Å². The lowest BCUT2D eigenvalue weighted by atomic mass is 10.2. The molecule has 0 heterocycles. The zero-order valence-electron chi connectivity index (χ0n) is 12.2. The van der Waals surface area contributed by atoms with Crippen LogP contribution in [-0.4, -0.2) is 23.8 Å². The maximum absolute atomic E-state index is 11.9. The highest BCUT2D eigenvalue weighted by atomic mass is 79.9. The van der Waals surface area contributed by atoms with Gasteiger partial charge >= 0.3 is 0 Å². The van der Waals surface area contributed by atoms with Gasteiger partial charge in [0.2, 0.25) is 0 Å². The normalized spacial score (nSPS) is 10.7. The van der Waals surface area contributed by atoms with Crippen LogP contribution in [0.2, 0.25) is 0 Å². The van der Waals surface area contributed by atoms with E-state index in [0.29, 0.717) is 28.0 Å². The Hall–Kier alpha value is -1.86. The predicted molar refractivity (Wildman–Crippen MR) is 96.2 cm³/mol. The Labute approximate surface area is 150 Å². The zero-order chi connectivity index (χ0) is 16.8. The van der Waals surface area contributed by atoms with Crippen LogP contribution in [0.15, 0.2) is 50.4 Å². The molecule has 5 nitrogen and oxygen atoms in total. The largest absolute Gasteiger partial charge is 0.503 e. The number of halogens is 2. The van der Waals surface area contributed by atoms with Crippen molar-refractivity contribution in [2.75, 3.05) is 6.61 Å². The highest BCUT2D eigenvalue weighted by Gasteiger charge is 2.08.